The first-order chi connectivity index (χ1) is 11.1. The zero-order valence-electron chi connectivity index (χ0n) is 13.1. The molecule has 3 aromatic rings. The first-order valence-electron chi connectivity index (χ1n) is 7.60. The van der Waals surface area contributed by atoms with Gasteiger partial charge in [0.15, 0.2) is 0 Å². The zero-order valence-corrected chi connectivity index (χ0v) is 13.9. The molecule has 23 heavy (non-hydrogen) atoms. The van der Waals surface area contributed by atoms with Gasteiger partial charge in [0.05, 0.1) is 5.69 Å². The molecule has 5 heteroatoms. The molecule has 3 rings (SSSR count). The van der Waals surface area contributed by atoms with Gasteiger partial charge in [-0.2, -0.15) is 0 Å². The number of aryl methyl sites for hydroxylation is 2. The van der Waals surface area contributed by atoms with Gasteiger partial charge in [-0.25, -0.2) is 4.98 Å². The van der Waals surface area contributed by atoms with Crippen LogP contribution in [0.1, 0.15) is 34.2 Å². The van der Waals surface area contributed by atoms with Gasteiger partial charge in [-0.05, 0) is 36.6 Å². The van der Waals surface area contributed by atoms with Crippen LogP contribution in [0.2, 0.25) is 5.02 Å². The van der Waals surface area contributed by atoms with E-state index >= 15 is 0 Å². The molecule has 118 valence electrons. The highest BCUT2D eigenvalue weighted by Crippen LogP contribution is 2.18. The summed E-state index contributed by atoms with van der Waals surface area (Å²) in [5, 5.41) is 3.59. The average molecular weight is 328 g/mol. The van der Waals surface area contributed by atoms with E-state index in [1.165, 1.54) is 0 Å². The van der Waals surface area contributed by atoms with Crippen LogP contribution in [0.3, 0.4) is 0 Å². The van der Waals surface area contributed by atoms with E-state index in [0.29, 0.717) is 23.7 Å². The number of carbonyl (C=O) groups excluding carboxylic acids is 1. The second-order valence-corrected chi connectivity index (χ2v) is 5.83. The fraction of sp³-hybridized carbons (Fsp3) is 0.222. The minimum atomic E-state index is -0.139. The fourth-order valence-electron chi connectivity index (χ4n) is 2.64. The van der Waals surface area contributed by atoms with E-state index in [0.717, 1.165) is 22.5 Å². The number of rotatable bonds is 4. The van der Waals surface area contributed by atoms with Crippen LogP contribution in [-0.4, -0.2) is 15.3 Å². The van der Waals surface area contributed by atoms with Gasteiger partial charge in [0, 0.05) is 17.8 Å². The number of aromatic nitrogens is 2. The molecule has 0 fully saturated rings. The normalized spacial score (nSPS) is 10.9. The van der Waals surface area contributed by atoms with E-state index in [1.807, 2.05) is 60.8 Å². The van der Waals surface area contributed by atoms with E-state index in [1.54, 1.807) is 0 Å². The Morgan fingerprint density at radius 3 is 2.78 bits per heavy atom. The number of amides is 1. The van der Waals surface area contributed by atoms with Gasteiger partial charge in [-0.15, -0.1) is 0 Å². The van der Waals surface area contributed by atoms with Gasteiger partial charge < -0.3 is 5.32 Å². The summed E-state index contributed by atoms with van der Waals surface area (Å²) in [5.74, 6) is -0.139. The topological polar surface area (TPSA) is 46.4 Å². The van der Waals surface area contributed by atoms with Crippen molar-refractivity contribution in [2.45, 2.75) is 26.8 Å². The Kier molecular flexibility index (Phi) is 4.35. The van der Waals surface area contributed by atoms with E-state index in [2.05, 4.69) is 10.3 Å². The van der Waals surface area contributed by atoms with Crippen molar-refractivity contribution >= 4 is 23.2 Å². The maximum Gasteiger partial charge on any atom is 0.270 e. The second-order valence-electron chi connectivity index (χ2n) is 5.42. The fourth-order valence-corrected chi connectivity index (χ4v) is 2.84. The molecule has 0 aliphatic heterocycles. The highest BCUT2D eigenvalue weighted by molar-refractivity contribution is 6.31. The first kappa shape index (κ1) is 15.6. The van der Waals surface area contributed by atoms with Crippen molar-refractivity contribution in [2.75, 3.05) is 0 Å². The van der Waals surface area contributed by atoms with E-state index in [9.17, 15) is 4.79 Å². The van der Waals surface area contributed by atoms with Crippen LogP contribution < -0.4 is 5.32 Å². The van der Waals surface area contributed by atoms with Crippen LogP contribution in [0, 0.1) is 6.92 Å². The lowest BCUT2D eigenvalue weighted by Gasteiger charge is -2.08. The molecule has 1 N–H and O–H groups in total. The maximum absolute atomic E-state index is 12.7. The molecule has 0 saturated heterocycles. The number of halogens is 1. The molecular weight excluding hydrogens is 310 g/mol. The number of carbonyl (C=O) groups is 1. The highest BCUT2D eigenvalue weighted by atomic mass is 35.5. The molecule has 0 unspecified atom stereocenters. The molecule has 0 atom stereocenters. The summed E-state index contributed by atoms with van der Waals surface area (Å²) in [6, 6.07) is 11.4. The summed E-state index contributed by atoms with van der Waals surface area (Å²) in [7, 11) is 0. The van der Waals surface area contributed by atoms with Crippen molar-refractivity contribution in [1.82, 2.24) is 14.7 Å². The Labute approximate surface area is 140 Å². The Hall–Kier alpha value is -2.33. The molecule has 0 aliphatic rings. The molecule has 0 radical (unpaired) electrons. The largest absolute Gasteiger partial charge is 0.347 e. The summed E-state index contributed by atoms with van der Waals surface area (Å²) < 4.78 is 1.86. The molecule has 2 aromatic heterocycles. The van der Waals surface area contributed by atoms with Gasteiger partial charge in [0.1, 0.15) is 11.3 Å². The van der Waals surface area contributed by atoms with Crippen molar-refractivity contribution < 1.29 is 4.79 Å². The molecular formula is C18H18ClN3O. The van der Waals surface area contributed by atoms with Crippen LogP contribution in [0.15, 0.2) is 42.6 Å². The third-order valence-electron chi connectivity index (χ3n) is 3.86. The lowest BCUT2D eigenvalue weighted by atomic mass is 10.2. The number of pyridine rings is 1. The average Bonchev–Trinajstić information content (AvgIpc) is 2.94. The minimum absolute atomic E-state index is 0.139. The highest BCUT2D eigenvalue weighted by Gasteiger charge is 2.18. The van der Waals surface area contributed by atoms with E-state index < -0.39 is 0 Å². The zero-order chi connectivity index (χ0) is 16.4. The Morgan fingerprint density at radius 1 is 1.26 bits per heavy atom. The van der Waals surface area contributed by atoms with E-state index in [-0.39, 0.29) is 5.91 Å². The SMILES string of the molecule is CCc1nc2c(C)cccn2c1C(=O)NCc1ccccc1Cl. The number of imidazole rings is 1. The molecule has 0 spiro atoms. The van der Waals surface area contributed by atoms with Crippen LogP contribution in [0.4, 0.5) is 0 Å². The van der Waals surface area contributed by atoms with Crippen molar-refractivity contribution in [3.8, 4) is 0 Å². The minimum Gasteiger partial charge on any atom is -0.347 e. The molecule has 2 heterocycles. The second kappa shape index (κ2) is 6.42. The smallest absolute Gasteiger partial charge is 0.270 e. The summed E-state index contributed by atoms with van der Waals surface area (Å²) in [6.07, 6.45) is 2.58. The summed E-state index contributed by atoms with van der Waals surface area (Å²) in [4.78, 5) is 17.3. The number of fused-ring (bicyclic) bond motifs is 1. The van der Waals surface area contributed by atoms with Gasteiger partial charge in [-0.3, -0.25) is 9.20 Å². The van der Waals surface area contributed by atoms with Crippen molar-refractivity contribution in [1.29, 1.82) is 0 Å². The molecule has 1 aromatic carbocycles. The third-order valence-corrected chi connectivity index (χ3v) is 4.23. The van der Waals surface area contributed by atoms with Crippen LogP contribution in [0.25, 0.3) is 5.65 Å². The quantitative estimate of drug-likeness (QED) is 0.792. The number of benzene rings is 1. The molecule has 0 saturated carbocycles. The maximum atomic E-state index is 12.7. The lowest BCUT2D eigenvalue weighted by molar-refractivity contribution is 0.0944. The molecule has 4 nitrogen and oxygen atoms in total. The monoisotopic (exact) mass is 327 g/mol. The van der Waals surface area contributed by atoms with Crippen LogP contribution in [0.5, 0.6) is 0 Å². The van der Waals surface area contributed by atoms with Crippen LogP contribution >= 0.6 is 11.6 Å². The molecule has 1 amide bonds. The summed E-state index contributed by atoms with van der Waals surface area (Å²) in [5.41, 5.74) is 4.17. The number of hydrogen-bond acceptors (Lipinski definition) is 2. The Morgan fingerprint density at radius 2 is 2.04 bits per heavy atom. The van der Waals surface area contributed by atoms with Gasteiger partial charge in [0.25, 0.3) is 5.91 Å². The summed E-state index contributed by atoms with van der Waals surface area (Å²) in [6.45, 7) is 4.38. The van der Waals surface area contributed by atoms with Gasteiger partial charge >= 0.3 is 0 Å². The van der Waals surface area contributed by atoms with Crippen molar-refractivity contribution in [3.05, 3.63) is 70.1 Å². The Balaban J connectivity index is 1.92. The molecule has 0 aliphatic carbocycles. The lowest BCUT2D eigenvalue weighted by Crippen LogP contribution is -2.25. The first-order valence-corrected chi connectivity index (χ1v) is 7.97. The van der Waals surface area contributed by atoms with Gasteiger partial charge in [0.2, 0.25) is 0 Å². The number of hydrogen-bond donors (Lipinski definition) is 1. The van der Waals surface area contributed by atoms with E-state index in [4.69, 9.17) is 11.6 Å². The van der Waals surface area contributed by atoms with Crippen LogP contribution in [-0.2, 0) is 13.0 Å². The summed E-state index contributed by atoms with van der Waals surface area (Å²) >= 11 is 6.14. The predicted octanol–water partition coefficient (Wildman–Crippen LogP) is 3.79. The number of nitrogens with one attached hydrogen (secondary N) is 1. The van der Waals surface area contributed by atoms with Crippen molar-refractivity contribution in [3.63, 3.8) is 0 Å². The predicted molar refractivity (Wildman–Crippen MR) is 91.9 cm³/mol. The molecule has 0 bridgehead atoms. The van der Waals surface area contributed by atoms with Crippen molar-refractivity contribution in [2.24, 2.45) is 0 Å². The Bertz CT molecular complexity index is 870. The third kappa shape index (κ3) is 2.94. The van der Waals surface area contributed by atoms with Gasteiger partial charge in [-0.1, -0.05) is 42.8 Å². The number of nitrogens with zero attached hydrogens (tertiary/aromatic N) is 2. The standard InChI is InChI=1S/C18H18ClN3O/c1-3-15-16(22-10-6-7-12(2)17(22)21-15)18(23)20-11-13-8-4-5-9-14(13)19/h4-10H,3,11H2,1-2H3,(H,20,23).